The fourth-order valence-corrected chi connectivity index (χ4v) is 5.56. The molecule has 4 aromatic heterocycles. The summed E-state index contributed by atoms with van der Waals surface area (Å²) in [6.07, 6.45) is 0.507. The smallest absolute Gasteiger partial charge is 0.212 e. The molecule has 6 rings (SSSR count). The van der Waals surface area contributed by atoms with Gasteiger partial charge in [-0.05, 0) is 13.0 Å². The molecule has 0 saturated carbocycles. The molecule has 182 valence electrons. The highest BCUT2D eigenvalue weighted by molar-refractivity contribution is 7.16. The molecule has 1 aliphatic rings. The van der Waals surface area contributed by atoms with E-state index in [9.17, 15) is 4.39 Å². The van der Waals surface area contributed by atoms with Crippen molar-refractivity contribution in [2.45, 2.75) is 19.7 Å². The van der Waals surface area contributed by atoms with Crippen LogP contribution in [-0.4, -0.2) is 53.0 Å². The van der Waals surface area contributed by atoms with Gasteiger partial charge in [0.05, 0.1) is 37.6 Å². The van der Waals surface area contributed by atoms with Crippen LogP contribution in [0.3, 0.4) is 0 Å². The van der Waals surface area contributed by atoms with E-state index in [0.29, 0.717) is 58.3 Å². The zero-order chi connectivity index (χ0) is 23.9. The van der Waals surface area contributed by atoms with Crippen LogP contribution in [0.5, 0.6) is 11.5 Å². The molecule has 1 atom stereocenters. The number of aromatic nitrogens is 4. The van der Waals surface area contributed by atoms with E-state index >= 15 is 0 Å². The van der Waals surface area contributed by atoms with Crippen LogP contribution in [-0.2, 0) is 11.3 Å². The highest BCUT2D eigenvalue weighted by Crippen LogP contribution is 2.38. The molecule has 35 heavy (non-hydrogen) atoms. The summed E-state index contributed by atoms with van der Waals surface area (Å²) in [5.74, 6) is 1.78. The zero-order valence-corrected chi connectivity index (χ0v) is 20.7. The van der Waals surface area contributed by atoms with Crippen molar-refractivity contribution in [1.29, 1.82) is 0 Å². The molecule has 0 bridgehead atoms. The van der Waals surface area contributed by atoms with Gasteiger partial charge in [0.15, 0.2) is 22.1 Å². The third kappa shape index (κ3) is 4.21. The van der Waals surface area contributed by atoms with Crippen molar-refractivity contribution in [3.05, 3.63) is 40.5 Å². The van der Waals surface area contributed by atoms with Gasteiger partial charge in [-0.1, -0.05) is 11.3 Å². The third-order valence-corrected chi connectivity index (χ3v) is 7.73. The zero-order valence-electron chi connectivity index (χ0n) is 19.1. The van der Waals surface area contributed by atoms with Gasteiger partial charge in [-0.3, -0.25) is 0 Å². The van der Waals surface area contributed by atoms with Gasteiger partial charge in [-0.2, -0.15) is 9.61 Å². The number of nitrogens with zero attached hydrogens (tertiary/aromatic N) is 5. The maximum atomic E-state index is 13.8. The lowest BCUT2D eigenvalue weighted by atomic mass is 10.2. The third-order valence-electron chi connectivity index (χ3n) is 5.70. The van der Waals surface area contributed by atoms with Crippen LogP contribution < -0.4 is 14.4 Å². The number of furan rings is 1. The minimum atomic E-state index is -1.16. The van der Waals surface area contributed by atoms with Gasteiger partial charge in [0.1, 0.15) is 29.4 Å². The Bertz CT molecular complexity index is 1480. The summed E-state index contributed by atoms with van der Waals surface area (Å²) in [5.41, 5.74) is 2.09. The monoisotopic (exact) mass is 515 g/mol. The maximum absolute atomic E-state index is 13.8. The van der Waals surface area contributed by atoms with Crippen LogP contribution in [0.25, 0.3) is 27.4 Å². The Morgan fingerprint density at radius 3 is 2.89 bits per heavy atom. The van der Waals surface area contributed by atoms with Crippen LogP contribution in [0.2, 0.25) is 0 Å². The second-order valence-electron chi connectivity index (χ2n) is 8.05. The Morgan fingerprint density at radius 2 is 2.09 bits per heavy atom. The molecule has 1 aromatic carbocycles. The fourth-order valence-electron chi connectivity index (χ4n) is 3.90. The molecule has 5 heterocycles. The number of thiazole rings is 1. The first-order valence-electron chi connectivity index (χ1n) is 11.1. The van der Waals surface area contributed by atoms with Crippen molar-refractivity contribution in [1.82, 2.24) is 19.6 Å². The summed E-state index contributed by atoms with van der Waals surface area (Å²) in [4.78, 5) is 11.9. The van der Waals surface area contributed by atoms with Crippen LogP contribution in [0, 0.1) is 0 Å². The van der Waals surface area contributed by atoms with Crippen molar-refractivity contribution in [2.24, 2.45) is 0 Å². The first kappa shape index (κ1) is 22.3. The molecule has 12 heteroatoms. The number of halogens is 1. The van der Waals surface area contributed by atoms with Gasteiger partial charge in [0.25, 0.3) is 0 Å². The normalized spacial score (nSPS) is 15.2. The number of imidazole rings is 1. The van der Waals surface area contributed by atoms with Crippen molar-refractivity contribution in [3.63, 3.8) is 0 Å². The summed E-state index contributed by atoms with van der Waals surface area (Å²) in [5, 5.41) is 8.50. The van der Waals surface area contributed by atoms with E-state index in [0.717, 1.165) is 29.3 Å². The molecular weight excluding hydrogens is 493 g/mol. The summed E-state index contributed by atoms with van der Waals surface area (Å²) >= 11 is 2.82. The van der Waals surface area contributed by atoms with Crippen molar-refractivity contribution in [2.75, 3.05) is 38.3 Å². The number of benzene rings is 1. The molecule has 1 aliphatic heterocycles. The van der Waals surface area contributed by atoms with Crippen LogP contribution >= 0.6 is 22.7 Å². The Kier molecular flexibility index (Phi) is 5.78. The summed E-state index contributed by atoms with van der Waals surface area (Å²) < 4.78 is 38.6. The molecule has 0 amide bonds. The lowest BCUT2D eigenvalue weighted by molar-refractivity contribution is 0.122. The van der Waals surface area contributed by atoms with Gasteiger partial charge in [-0.25, -0.2) is 14.4 Å². The predicted molar refractivity (Wildman–Crippen MR) is 132 cm³/mol. The summed E-state index contributed by atoms with van der Waals surface area (Å²) in [6.45, 7) is 4.89. The Labute approximate surface area is 207 Å². The lowest BCUT2D eigenvalue weighted by Gasteiger charge is -2.26. The van der Waals surface area contributed by atoms with Crippen LogP contribution in [0.15, 0.2) is 34.2 Å². The molecule has 9 nitrogen and oxygen atoms in total. The SMILES string of the molecule is COc1cc(OCc2csc(N3CCOCC3)n2)c2cc(-c3cnc4sc(C(C)F)nn34)oc2c1. The van der Waals surface area contributed by atoms with E-state index in [2.05, 4.69) is 15.0 Å². The minimum Gasteiger partial charge on any atom is -0.496 e. The van der Waals surface area contributed by atoms with Gasteiger partial charge < -0.3 is 23.5 Å². The second kappa shape index (κ2) is 9.10. The summed E-state index contributed by atoms with van der Waals surface area (Å²) in [7, 11) is 1.60. The van der Waals surface area contributed by atoms with Crippen molar-refractivity contribution >= 4 is 43.7 Å². The Balaban J connectivity index is 1.29. The fraction of sp³-hybridized carbons (Fsp3) is 0.348. The molecule has 1 fully saturated rings. The van der Waals surface area contributed by atoms with Gasteiger partial charge >= 0.3 is 0 Å². The number of hydrogen-bond donors (Lipinski definition) is 0. The van der Waals surface area contributed by atoms with E-state index in [1.165, 1.54) is 18.3 Å². The van der Waals surface area contributed by atoms with E-state index in [4.69, 9.17) is 23.6 Å². The molecular formula is C23H22FN5O4S2. The van der Waals surface area contributed by atoms with E-state index in [1.807, 2.05) is 17.5 Å². The molecule has 5 aromatic rings. The maximum Gasteiger partial charge on any atom is 0.212 e. The lowest BCUT2D eigenvalue weighted by Crippen LogP contribution is -2.36. The Morgan fingerprint density at radius 1 is 1.23 bits per heavy atom. The van der Waals surface area contributed by atoms with Gasteiger partial charge in [0.2, 0.25) is 4.96 Å². The average Bonchev–Trinajstić information content (AvgIpc) is 3.65. The largest absolute Gasteiger partial charge is 0.496 e. The van der Waals surface area contributed by atoms with Crippen LogP contribution in [0.4, 0.5) is 9.52 Å². The number of fused-ring (bicyclic) bond motifs is 2. The summed E-state index contributed by atoms with van der Waals surface area (Å²) in [6, 6.07) is 5.51. The number of hydrogen-bond acceptors (Lipinski definition) is 10. The number of alkyl halides is 1. The quantitative estimate of drug-likeness (QED) is 0.295. The number of rotatable bonds is 7. The molecule has 0 spiro atoms. The average molecular weight is 516 g/mol. The Hall–Kier alpha value is -3.22. The minimum absolute atomic E-state index is 0.310. The topological polar surface area (TPSA) is 87.2 Å². The highest BCUT2D eigenvalue weighted by atomic mass is 32.1. The van der Waals surface area contributed by atoms with Crippen molar-refractivity contribution < 1.29 is 23.0 Å². The first-order chi connectivity index (χ1) is 17.1. The number of methoxy groups -OCH3 is 1. The standard InChI is InChI=1S/C23H22FN5O4S2/c1-13(24)21-27-29-17(10-25-22(29)35-21)20-9-16-18(7-15(30-2)8-19(16)33-20)32-11-14-12-34-23(26-14)28-3-5-31-6-4-28/h7-10,12-13H,3-6,11H2,1-2H3. The van der Waals surface area contributed by atoms with Gasteiger partial charge in [-0.15, -0.1) is 11.3 Å². The van der Waals surface area contributed by atoms with E-state index < -0.39 is 6.17 Å². The number of anilines is 1. The van der Waals surface area contributed by atoms with E-state index in [1.54, 1.807) is 35.2 Å². The molecule has 0 radical (unpaired) electrons. The molecule has 1 saturated heterocycles. The highest BCUT2D eigenvalue weighted by Gasteiger charge is 2.20. The molecule has 0 N–H and O–H groups in total. The van der Waals surface area contributed by atoms with Crippen LogP contribution in [0.1, 0.15) is 23.8 Å². The number of ether oxygens (including phenoxy) is 3. The predicted octanol–water partition coefficient (Wildman–Crippen LogP) is 5.12. The first-order valence-corrected chi connectivity index (χ1v) is 12.8. The number of morpholine rings is 1. The van der Waals surface area contributed by atoms with Crippen molar-refractivity contribution in [3.8, 4) is 23.0 Å². The van der Waals surface area contributed by atoms with E-state index in [-0.39, 0.29) is 0 Å². The van der Waals surface area contributed by atoms with Gasteiger partial charge in [0, 0.05) is 30.6 Å². The second-order valence-corrected chi connectivity index (χ2v) is 9.88. The molecule has 1 unspecified atom stereocenters. The molecule has 0 aliphatic carbocycles.